The van der Waals surface area contributed by atoms with Crippen molar-refractivity contribution in [2.75, 3.05) is 10.2 Å². The van der Waals surface area contributed by atoms with Crippen LogP contribution in [-0.4, -0.2) is 0 Å². The van der Waals surface area contributed by atoms with Crippen molar-refractivity contribution >= 4 is 48.7 Å². The molecule has 0 atom stereocenters. The van der Waals surface area contributed by atoms with Crippen LogP contribution in [0.15, 0.2) is 170 Å². The van der Waals surface area contributed by atoms with Crippen LogP contribution < -0.4 is 31.4 Å². The van der Waals surface area contributed by atoms with Gasteiger partial charge in [0.05, 0.1) is 16.1 Å². The van der Waals surface area contributed by atoms with Crippen LogP contribution in [0.25, 0.3) is 0 Å². The lowest BCUT2D eigenvalue weighted by Gasteiger charge is -2.21. The summed E-state index contributed by atoms with van der Waals surface area (Å²) in [6, 6.07) is 60.7. The zero-order valence-electron chi connectivity index (χ0n) is 22.8. The molecule has 4 heteroatoms. The SMILES string of the molecule is c1ccc(P(Nc2ccc(Cc3ccc(NP(c4ccccc4)c4ccccc4)cc3)cc2)c2ccccc2)cc1. The van der Waals surface area contributed by atoms with Gasteiger partial charge in [0.2, 0.25) is 0 Å². The molecular formula is C37H32N2P2. The summed E-state index contributed by atoms with van der Waals surface area (Å²) >= 11 is 0. The van der Waals surface area contributed by atoms with Gasteiger partial charge in [-0.25, -0.2) is 0 Å². The van der Waals surface area contributed by atoms with E-state index in [2.05, 4.69) is 180 Å². The third-order valence-electron chi connectivity index (χ3n) is 6.86. The second-order valence-electron chi connectivity index (χ2n) is 9.81. The minimum Gasteiger partial charge on any atom is -0.357 e. The van der Waals surface area contributed by atoms with Crippen molar-refractivity contribution in [2.45, 2.75) is 6.42 Å². The van der Waals surface area contributed by atoms with Crippen LogP contribution in [0, 0.1) is 0 Å². The molecule has 6 rings (SSSR count). The summed E-state index contributed by atoms with van der Waals surface area (Å²) in [4.78, 5) is 0. The molecule has 0 aliphatic carbocycles. The number of nitrogens with one attached hydrogen (secondary N) is 2. The maximum atomic E-state index is 3.81. The Morgan fingerprint density at radius 1 is 0.317 bits per heavy atom. The maximum absolute atomic E-state index is 3.81. The summed E-state index contributed by atoms with van der Waals surface area (Å²) in [6.07, 6.45) is 0.902. The molecule has 0 aliphatic heterocycles. The van der Waals surface area contributed by atoms with Crippen LogP contribution in [-0.2, 0) is 6.42 Å². The third kappa shape index (κ3) is 7.11. The van der Waals surface area contributed by atoms with E-state index in [4.69, 9.17) is 0 Å². The largest absolute Gasteiger partial charge is 0.357 e. The average molecular weight is 567 g/mol. The van der Waals surface area contributed by atoms with E-state index in [0.29, 0.717) is 0 Å². The quantitative estimate of drug-likeness (QED) is 0.163. The summed E-state index contributed by atoms with van der Waals surface area (Å²) in [5, 5.41) is 12.9. The first kappa shape index (κ1) is 27.0. The van der Waals surface area contributed by atoms with E-state index in [1.165, 1.54) is 32.3 Å². The van der Waals surface area contributed by atoms with E-state index < -0.39 is 16.1 Å². The Bertz CT molecular complexity index is 1420. The zero-order valence-corrected chi connectivity index (χ0v) is 24.6. The molecule has 6 aromatic carbocycles. The Balaban J connectivity index is 1.13. The van der Waals surface area contributed by atoms with Gasteiger partial charge in [-0.1, -0.05) is 146 Å². The van der Waals surface area contributed by atoms with Gasteiger partial charge in [0, 0.05) is 32.6 Å². The summed E-state index contributed by atoms with van der Waals surface area (Å²) in [5.41, 5.74) is 4.89. The lowest BCUT2D eigenvalue weighted by Crippen LogP contribution is -2.17. The molecule has 0 spiro atoms. The van der Waals surface area contributed by atoms with Crippen LogP contribution in [0.4, 0.5) is 11.4 Å². The fraction of sp³-hybridized carbons (Fsp3) is 0.0270. The molecule has 200 valence electrons. The van der Waals surface area contributed by atoms with Gasteiger partial charge in [0.15, 0.2) is 0 Å². The van der Waals surface area contributed by atoms with Crippen molar-refractivity contribution in [3.63, 3.8) is 0 Å². The summed E-state index contributed by atoms with van der Waals surface area (Å²) in [7, 11) is -1.37. The van der Waals surface area contributed by atoms with Crippen molar-refractivity contribution < 1.29 is 0 Å². The first-order valence-electron chi connectivity index (χ1n) is 13.8. The summed E-state index contributed by atoms with van der Waals surface area (Å²) in [5.74, 6) is 0. The van der Waals surface area contributed by atoms with E-state index in [-0.39, 0.29) is 0 Å². The number of hydrogen-bond donors (Lipinski definition) is 2. The highest BCUT2D eigenvalue weighted by atomic mass is 31.1. The molecule has 0 aliphatic rings. The minimum absolute atomic E-state index is 0.685. The Morgan fingerprint density at radius 2 is 0.585 bits per heavy atom. The van der Waals surface area contributed by atoms with Gasteiger partial charge in [0.1, 0.15) is 0 Å². The van der Waals surface area contributed by atoms with Crippen molar-refractivity contribution in [3.05, 3.63) is 181 Å². The first-order valence-corrected chi connectivity index (χ1v) is 16.5. The van der Waals surface area contributed by atoms with Crippen molar-refractivity contribution in [1.82, 2.24) is 0 Å². The average Bonchev–Trinajstić information content (AvgIpc) is 3.06. The lowest BCUT2D eigenvalue weighted by molar-refractivity contribution is 1.19. The molecule has 0 saturated carbocycles. The number of hydrogen-bond acceptors (Lipinski definition) is 2. The molecule has 0 unspecified atom stereocenters. The second kappa shape index (κ2) is 13.4. The Kier molecular flexibility index (Phi) is 8.83. The van der Waals surface area contributed by atoms with Crippen LogP contribution in [0.3, 0.4) is 0 Å². The number of anilines is 2. The van der Waals surface area contributed by atoms with E-state index in [9.17, 15) is 0 Å². The topological polar surface area (TPSA) is 24.1 Å². The molecule has 2 N–H and O–H groups in total. The number of rotatable bonds is 10. The van der Waals surface area contributed by atoms with Gasteiger partial charge >= 0.3 is 0 Å². The van der Waals surface area contributed by atoms with Crippen molar-refractivity contribution in [1.29, 1.82) is 0 Å². The van der Waals surface area contributed by atoms with Gasteiger partial charge in [0.25, 0.3) is 0 Å². The standard InChI is InChI=1S/C37H32N2P2/c1-5-13-34(14-6-1)40(35-15-7-2-8-16-35)38-32-25-21-30(22-26-32)29-31-23-27-33(28-24-31)39-41(36-17-9-3-10-18-36)37-19-11-4-12-20-37/h1-28,38-39H,29H2. The summed E-state index contributed by atoms with van der Waals surface area (Å²) in [6.45, 7) is 0. The first-order chi connectivity index (χ1) is 20.3. The van der Waals surface area contributed by atoms with Crippen molar-refractivity contribution in [2.24, 2.45) is 0 Å². The molecule has 6 aromatic rings. The lowest BCUT2D eigenvalue weighted by atomic mass is 10.0. The molecule has 2 nitrogen and oxygen atoms in total. The van der Waals surface area contributed by atoms with Crippen LogP contribution in [0.1, 0.15) is 11.1 Å². The van der Waals surface area contributed by atoms with Crippen LogP contribution >= 0.6 is 16.1 Å². The number of benzene rings is 6. The molecule has 0 amide bonds. The van der Waals surface area contributed by atoms with Gasteiger partial charge in [-0.15, -0.1) is 0 Å². The normalized spacial score (nSPS) is 11.0. The second-order valence-corrected chi connectivity index (χ2v) is 13.7. The van der Waals surface area contributed by atoms with Gasteiger partial charge < -0.3 is 10.2 Å². The van der Waals surface area contributed by atoms with Gasteiger partial charge in [-0.3, -0.25) is 0 Å². The fourth-order valence-electron chi connectivity index (χ4n) is 4.75. The molecule has 0 bridgehead atoms. The molecule has 0 saturated heterocycles. The monoisotopic (exact) mass is 566 g/mol. The van der Waals surface area contributed by atoms with E-state index in [1.54, 1.807) is 0 Å². The van der Waals surface area contributed by atoms with E-state index >= 15 is 0 Å². The molecule has 0 heterocycles. The van der Waals surface area contributed by atoms with Gasteiger partial charge in [-0.05, 0) is 41.8 Å². The zero-order chi connectivity index (χ0) is 27.7. The van der Waals surface area contributed by atoms with E-state index in [1.807, 2.05) is 0 Å². The van der Waals surface area contributed by atoms with E-state index in [0.717, 1.165) is 17.8 Å². The molecule has 0 radical (unpaired) electrons. The predicted molar refractivity (Wildman–Crippen MR) is 181 cm³/mol. The predicted octanol–water partition coefficient (Wildman–Crippen LogP) is 8.20. The highest BCUT2D eigenvalue weighted by Gasteiger charge is 2.15. The molecular weight excluding hydrogens is 534 g/mol. The van der Waals surface area contributed by atoms with Crippen LogP contribution in [0.5, 0.6) is 0 Å². The molecule has 0 aromatic heterocycles. The highest BCUT2D eigenvalue weighted by Crippen LogP contribution is 2.36. The molecule has 0 fully saturated rings. The van der Waals surface area contributed by atoms with Crippen molar-refractivity contribution in [3.8, 4) is 0 Å². The van der Waals surface area contributed by atoms with Crippen LogP contribution in [0.2, 0.25) is 0 Å². The Morgan fingerprint density at radius 3 is 0.854 bits per heavy atom. The minimum atomic E-state index is -0.685. The Labute approximate surface area is 245 Å². The Hall–Kier alpha value is -4.22. The smallest absolute Gasteiger partial charge is 0.0522 e. The highest BCUT2D eigenvalue weighted by molar-refractivity contribution is 7.74. The molecule has 41 heavy (non-hydrogen) atoms. The fourth-order valence-corrected chi connectivity index (χ4v) is 8.56. The maximum Gasteiger partial charge on any atom is 0.0522 e. The van der Waals surface area contributed by atoms with Gasteiger partial charge in [-0.2, -0.15) is 0 Å². The third-order valence-corrected chi connectivity index (χ3v) is 11.1. The summed E-state index contributed by atoms with van der Waals surface area (Å²) < 4.78 is 0.